The minimum atomic E-state index is 0.401. The molecule has 0 spiro atoms. The molecule has 0 radical (unpaired) electrons. The number of aromatic nitrogens is 4. The SMILES string of the molecule is Cc1[nH][n+](-c2cc(Cl)ncn2)c(C)c1N. The average Bonchev–Trinajstić information content (AvgIpc) is 2.46. The van der Waals surface area contributed by atoms with Crippen LogP contribution < -0.4 is 10.4 Å². The summed E-state index contributed by atoms with van der Waals surface area (Å²) < 4.78 is 1.78. The molecule has 2 heterocycles. The standard InChI is InChI=1S/C9H10ClN5/c1-5-9(11)6(2)15(14-5)8-3-7(10)12-4-13-8/h3-4H,11H2,1-2H3/p+1. The summed E-state index contributed by atoms with van der Waals surface area (Å²) in [6.07, 6.45) is 1.41. The number of nitrogens with one attached hydrogen (secondary N) is 1. The number of anilines is 1. The van der Waals surface area contributed by atoms with Gasteiger partial charge in [0.05, 0.1) is 17.4 Å². The van der Waals surface area contributed by atoms with Gasteiger partial charge in [-0.3, -0.25) is 0 Å². The minimum absolute atomic E-state index is 0.401. The molecule has 0 aromatic carbocycles. The van der Waals surface area contributed by atoms with Crippen molar-refractivity contribution in [3.8, 4) is 5.82 Å². The van der Waals surface area contributed by atoms with E-state index in [4.69, 9.17) is 17.3 Å². The fourth-order valence-corrected chi connectivity index (χ4v) is 1.52. The predicted octanol–water partition coefficient (Wildman–Crippen LogP) is 0.934. The van der Waals surface area contributed by atoms with E-state index in [0.717, 1.165) is 17.1 Å². The zero-order chi connectivity index (χ0) is 11.0. The van der Waals surface area contributed by atoms with Gasteiger partial charge in [-0.1, -0.05) is 11.6 Å². The molecule has 0 unspecified atom stereocenters. The Kier molecular flexibility index (Phi) is 2.32. The molecule has 0 atom stereocenters. The Morgan fingerprint density at radius 3 is 2.67 bits per heavy atom. The molecule has 6 heteroatoms. The van der Waals surface area contributed by atoms with E-state index in [2.05, 4.69) is 15.1 Å². The van der Waals surface area contributed by atoms with Crippen molar-refractivity contribution < 1.29 is 4.68 Å². The first-order valence-corrected chi connectivity index (χ1v) is 4.82. The summed E-state index contributed by atoms with van der Waals surface area (Å²) in [5, 5.41) is 3.50. The maximum atomic E-state index is 5.85. The summed E-state index contributed by atoms with van der Waals surface area (Å²) in [7, 11) is 0. The maximum Gasteiger partial charge on any atom is 0.351 e. The largest absolute Gasteiger partial charge is 0.394 e. The molecule has 0 saturated heterocycles. The van der Waals surface area contributed by atoms with E-state index >= 15 is 0 Å². The highest BCUT2D eigenvalue weighted by molar-refractivity contribution is 6.29. The molecule has 0 saturated carbocycles. The number of aryl methyl sites for hydroxylation is 1. The van der Waals surface area contributed by atoms with E-state index in [0.29, 0.717) is 11.0 Å². The van der Waals surface area contributed by atoms with Gasteiger partial charge in [0.15, 0.2) is 5.69 Å². The molecule has 0 bridgehead atoms. The number of nitrogens with zero attached hydrogens (tertiary/aromatic N) is 3. The molecule has 5 nitrogen and oxygen atoms in total. The second kappa shape index (κ2) is 3.51. The Bertz CT molecular complexity index is 505. The van der Waals surface area contributed by atoms with Crippen LogP contribution in [0.5, 0.6) is 0 Å². The monoisotopic (exact) mass is 224 g/mol. The quantitative estimate of drug-likeness (QED) is 0.559. The Hall–Kier alpha value is -1.62. The van der Waals surface area contributed by atoms with E-state index in [-0.39, 0.29) is 0 Å². The van der Waals surface area contributed by atoms with Crippen LogP contribution in [0.4, 0.5) is 5.69 Å². The number of hydrogen-bond donors (Lipinski definition) is 2. The van der Waals surface area contributed by atoms with E-state index in [1.807, 2.05) is 13.8 Å². The van der Waals surface area contributed by atoms with Crippen LogP contribution in [0.25, 0.3) is 5.82 Å². The Morgan fingerprint density at radius 1 is 1.40 bits per heavy atom. The normalized spacial score (nSPS) is 10.6. The van der Waals surface area contributed by atoms with Crippen LogP contribution in [-0.4, -0.2) is 15.1 Å². The van der Waals surface area contributed by atoms with Crippen molar-refractivity contribution in [2.45, 2.75) is 13.8 Å². The molecule has 0 aliphatic carbocycles. The summed E-state index contributed by atoms with van der Waals surface area (Å²) in [6, 6.07) is 1.67. The number of aromatic amines is 1. The van der Waals surface area contributed by atoms with Crippen LogP contribution in [-0.2, 0) is 0 Å². The van der Waals surface area contributed by atoms with Crippen molar-refractivity contribution in [3.05, 3.63) is 28.9 Å². The lowest BCUT2D eigenvalue weighted by Crippen LogP contribution is -2.36. The van der Waals surface area contributed by atoms with E-state index in [9.17, 15) is 0 Å². The molecule has 0 aliphatic heterocycles. The van der Waals surface area contributed by atoms with Gasteiger partial charge in [-0.25, -0.2) is 10.1 Å². The van der Waals surface area contributed by atoms with Crippen molar-refractivity contribution in [2.75, 3.05) is 5.73 Å². The molecular weight excluding hydrogens is 214 g/mol. The highest BCUT2D eigenvalue weighted by Crippen LogP contribution is 2.12. The topological polar surface area (TPSA) is 71.5 Å². The molecule has 15 heavy (non-hydrogen) atoms. The van der Waals surface area contributed by atoms with Crippen molar-refractivity contribution in [3.63, 3.8) is 0 Å². The molecular formula is C9H11ClN5+. The van der Waals surface area contributed by atoms with Crippen molar-refractivity contribution >= 4 is 17.3 Å². The predicted molar refractivity (Wildman–Crippen MR) is 56.8 cm³/mol. The molecule has 0 fully saturated rings. The zero-order valence-electron chi connectivity index (χ0n) is 8.45. The highest BCUT2D eigenvalue weighted by Gasteiger charge is 2.17. The van der Waals surface area contributed by atoms with Gasteiger partial charge >= 0.3 is 5.82 Å². The molecule has 0 aliphatic rings. The lowest BCUT2D eigenvalue weighted by atomic mass is 10.3. The Balaban J connectivity index is 2.59. The summed E-state index contributed by atoms with van der Waals surface area (Å²) in [5.74, 6) is 0.673. The van der Waals surface area contributed by atoms with Gasteiger partial charge in [-0.15, -0.1) is 4.68 Å². The molecule has 78 valence electrons. The summed E-state index contributed by atoms with van der Waals surface area (Å²) in [5.41, 5.74) is 8.39. The second-order valence-corrected chi connectivity index (χ2v) is 3.66. The summed E-state index contributed by atoms with van der Waals surface area (Å²) in [6.45, 7) is 3.82. The number of hydrogen-bond acceptors (Lipinski definition) is 3. The smallest absolute Gasteiger partial charge is 0.351 e. The van der Waals surface area contributed by atoms with Gasteiger partial charge in [-0.2, -0.15) is 0 Å². The van der Waals surface area contributed by atoms with E-state index in [1.54, 1.807) is 10.7 Å². The summed E-state index contributed by atoms with van der Waals surface area (Å²) in [4.78, 5) is 7.93. The second-order valence-electron chi connectivity index (χ2n) is 3.27. The first kappa shape index (κ1) is 9.92. The van der Waals surface area contributed by atoms with Gasteiger partial charge in [0.2, 0.25) is 6.33 Å². The van der Waals surface area contributed by atoms with Crippen molar-refractivity contribution in [1.29, 1.82) is 0 Å². The molecule has 2 aromatic rings. The van der Waals surface area contributed by atoms with Crippen molar-refractivity contribution in [2.24, 2.45) is 0 Å². The first-order valence-electron chi connectivity index (χ1n) is 4.44. The number of nitrogens with two attached hydrogens (primary N) is 1. The lowest BCUT2D eigenvalue weighted by molar-refractivity contribution is -0.665. The third-order valence-corrected chi connectivity index (χ3v) is 2.46. The number of H-pyrrole nitrogens is 1. The third kappa shape index (κ3) is 1.66. The highest BCUT2D eigenvalue weighted by atomic mass is 35.5. The molecule has 2 rings (SSSR count). The molecule has 3 N–H and O–H groups in total. The van der Waals surface area contributed by atoms with Gasteiger partial charge in [0, 0.05) is 6.92 Å². The van der Waals surface area contributed by atoms with Crippen LogP contribution in [0.15, 0.2) is 12.4 Å². The molecule has 0 amide bonds. The summed E-state index contributed by atoms with van der Waals surface area (Å²) >= 11 is 5.78. The van der Waals surface area contributed by atoms with Gasteiger partial charge in [-0.05, 0) is 11.9 Å². The maximum absolute atomic E-state index is 5.85. The van der Waals surface area contributed by atoms with Crippen LogP contribution in [0, 0.1) is 13.8 Å². The van der Waals surface area contributed by atoms with Gasteiger partial charge in [0.25, 0.3) is 0 Å². The zero-order valence-corrected chi connectivity index (χ0v) is 9.21. The van der Waals surface area contributed by atoms with Crippen molar-refractivity contribution in [1.82, 2.24) is 15.1 Å². The lowest BCUT2D eigenvalue weighted by Gasteiger charge is -1.93. The number of rotatable bonds is 1. The number of halogens is 1. The van der Waals surface area contributed by atoms with E-state index < -0.39 is 0 Å². The average molecular weight is 225 g/mol. The fraction of sp³-hybridized carbons (Fsp3) is 0.222. The van der Waals surface area contributed by atoms with Crippen LogP contribution in [0.3, 0.4) is 0 Å². The molecule has 2 aromatic heterocycles. The third-order valence-electron chi connectivity index (χ3n) is 2.26. The number of nitrogen functional groups attached to an aromatic ring is 1. The van der Waals surface area contributed by atoms with Crippen LogP contribution >= 0.6 is 11.6 Å². The van der Waals surface area contributed by atoms with E-state index in [1.165, 1.54) is 6.33 Å². The minimum Gasteiger partial charge on any atom is -0.394 e. The Labute approximate surface area is 91.9 Å². The van der Waals surface area contributed by atoms with Crippen LogP contribution in [0.1, 0.15) is 11.4 Å². The van der Waals surface area contributed by atoms with Gasteiger partial charge in [0.1, 0.15) is 5.15 Å². The van der Waals surface area contributed by atoms with Crippen LogP contribution in [0.2, 0.25) is 5.15 Å². The van der Waals surface area contributed by atoms with Gasteiger partial charge < -0.3 is 5.73 Å². The Morgan fingerprint density at radius 2 is 2.13 bits per heavy atom. The fourth-order valence-electron chi connectivity index (χ4n) is 1.38. The first-order chi connectivity index (χ1) is 7.09.